The predicted molar refractivity (Wildman–Crippen MR) is 86.1 cm³/mol. The third kappa shape index (κ3) is 4.63. The molecular weight excluding hydrogens is 280 g/mol. The Morgan fingerprint density at radius 3 is 3.00 bits per heavy atom. The first-order chi connectivity index (χ1) is 10.6. The Hall–Kier alpha value is -1.75. The lowest BCUT2D eigenvalue weighted by atomic mass is 10.1. The molecule has 1 aromatic carbocycles. The van der Waals surface area contributed by atoms with E-state index in [0.717, 1.165) is 36.5 Å². The summed E-state index contributed by atoms with van der Waals surface area (Å²) in [5, 5.41) is 2.92. The quantitative estimate of drug-likeness (QED) is 0.879. The smallest absolute Gasteiger partial charge is 0.317 e. The molecule has 1 fully saturated rings. The van der Waals surface area contributed by atoms with Crippen molar-refractivity contribution in [3.05, 3.63) is 29.3 Å². The molecule has 2 amide bonds. The summed E-state index contributed by atoms with van der Waals surface area (Å²) in [5.41, 5.74) is 2.15. The summed E-state index contributed by atoms with van der Waals surface area (Å²) >= 11 is 0. The van der Waals surface area contributed by atoms with Crippen molar-refractivity contribution in [2.75, 3.05) is 33.4 Å². The first-order valence-electron chi connectivity index (χ1n) is 7.89. The molecule has 1 heterocycles. The molecule has 0 spiro atoms. The summed E-state index contributed by atoms with van der Waals surface area (Å²) in [4.78, 5) is 13.5. The number of carbonyl (C=O) groups is 1. The Morgan fingerprint density at radius 2 is 2.32 bits per heavy atom. The lowest BCUT2D eigenvalue weighted by molar-refractivity contribution is 0.166. The van der Waals surface area contributed by atoms with Gasteiger partial charge in [-0.05, 0) is 31.9 Å². The van der Waals surface area contributed by atoms with Crippen LogP contribution in [0.1, 0.15) is 24.5 Å². The zero-order valence-corrected chi connectivity index (χ0v) is 13.7. The van der Waals surface area contributed by atoms with Gasteiger partial charge in [0.25, 0.3) is 0 Å². The van der Waals surface area contributed by atoms with Crippen LogP contribution in [0.4, 0.5) is 4.79 Å². The molecule has 0 unspecified atom stereocenters. The van der Waals surface area contributed by atoms with Crippen LogP contribution in [0.3, 0.4) is 0 Å². The Kier molecular flexibility index (Phi) is 6.07. The Labute approximate surface area is 132 Å². The van der Waals surface area contributed by atoms with Gasteiger partial charge in [0.15, 0.2) is 0 Å². The molecule has 122 valence electrons. The summed E-state index contributed by atoms with van der Waals surface area (Å²) in [6, 6.07) is 6.01. The molecule has 22 heavy (non-hydrogen) atoms. The van der Waals surface area contributed by atoms with Crippen molar-refractivity contribution in [3.63, 3.8) is 0 Å². The highest BCUT2D eigenvalue weighted by molar-refractivity contribution is 5.73. The van der Waals surface area contributed by atoms with Crippen LogP contribution in [0, 0.1) is 12.8 Å². The van der Waals surface area contributed by atoms with Gasteiger partial charge in [-0.15, -0.1) is 0 Å². The molecule has 1 aromatic rings. The zero-order chi connectivity index (χ0) is 15.9. The number of nitrogens with zero attached hydrogens (tertiary/aromatic N) is 1. The van der Waals surface area contributed by atoms with Crippen molar-refractivity contribution in [1.29, 1.82) is 0 Å². The summed E-state index contributed by atoms with van der Waals surface area (Å²) < 4.78 is 11.4. The van der Waals surface area contributed by atoms with Crippen LogP contribution in [0.5, 0.6) is 5.75 Å². The lowest BCUT2D eigenvalue weighted by Crippen LogP contribution is -2.36. The van der Waals surface area contributed by atoms with Gasteiger partial charge < -0.3 is 19.7 Å². The van der Waals surface area contributed by atoms with Crippen LogP contribution in [-0.4, -0.2) is 44.3 Å². The number of ether oxygens (including phenoxy) is 2. The van der Waals surface area contributed by atoms with Crippen molar-refractivity contribution in [1.82, 2.24) is 10.2 Å². The number of benzene rings is 1. The molecular formula is C17H26N2O3. The average Bonchev–Trinajstić information content (AvgIpc) is 3.04. The van der Waals surface area contributed by atoms with Gasteiger partial charge in [0.05, 0.1) is 13.2 Å². The first-order valence-corrected chi connectivity index (χ1v) is 7.89. The van der Waals surface area contributed by atoms with E-state index in [0.29, 0.717) is 25.6 Å². The van der Waals surface area contributed by atoms with Crippen molar-refractivity contribution < 1.29 is 14.3 Å². The molecule has 1 aliphatic rings. The normalized spacial score (nSPS) is 17.3. The lowest BCUT2D eigenvalue weighted by Gasteiger charge is -2.18. The van der Waals surface area contributed by atoms with Gasteiger partial charge in [0.1, 0.15) is 5.75 Å². The molecule has 0 saturated carbocycles. The Balaban J connectivity index is 1.95. The number of amides is 2. The van der Waals surface area contributed by atoms with Crippen LogP contribution >= 0.6 is 0 Å². The highest BCUT2D eigenvalue weighted by Gasteiger charge is 2.17. The minimum atomic E-state index is -0.0711. The van der Waals surface area contributed by atoms with Gasteiger partial charge in [0, 0.05) is 38.2 Å². The van der Waals surface area contributed by atoms with E-state index in [1.54, 1.807) is 11.9 Å². The van der Waals surface area contributed by atoms with Crippen LogP contribution in [0.25, 0.3) is 0 Å². The second-order valence-electron chi connectivity index (χ2n) is 5.82. The number of nitrogens with one attached hydrogen (secondary N) is 1. The molecule has 2 rings (SSSR count). The molecule has 5 nitrogen and oxygen atoms in total. The number of hydrogen-bond acceptors (Lipinski definition) is 3. The van der Waals surface area contributed by atoms with E-state index in [-0.39, 0.29) is 6.03 Å². The molecule has 1 aliphatic heterocycles. The van der Waals surface area contributed by atoms with Gasteiger partial charge in [-0.1, -0.05) is 12.1 Å². The fraction of sp³-hybridized carbons (Fsp3) is 0.588. The highest BCUT2D eigenvalue weighted by atomic mass is 16.5. The minimum absolute atomic E-state index is 0.0711. The van der Waals surface area contributed by atoms with Crippen molar-refractivity contribution in [2.45, 2.75) is 26.8 Å². The maximum Gasteiger partial charge on any atom is 0.317 e. The van der Waals surface area contributed by atoms with Gasteiger partial charge in [-0.25, -0.2) is 4.79 Å². The second kappa shape index (κ2) is 8.03. The van der Waals surface area contributed by atoms with E-state index in [2.05, 4.69) is 5.32 Å². The number of carbonyl (C=O) groups excluding carboxylic acids is 1. The topological polar surface area (TPSA) is 50.8 Å². The summed E-state index contributed by atoms with van der Waals surface area (Å²) in [7, 11) is 1.78. The van der Waals surface area contributed by atoms with Crippen LogP contribution in [0.15, 0.2) is 18.2 Å². The Bertz CT molecular complexity index is 499. The van der Waals surface area contributed by atoms with Crippen molar-refractivity contribution in [2.24, 2.45) is 5.92 Å². The van der Waals surface area contributed by atoms with E-state index in [1.807, 2.05) is 32.0 Å². The minimum Gasteiger partial charge on any atom is -0.493 e. The second-order valence-corrected chi connectivity index (χ2v) is 5.82. The fourth-order valence-electron chi connectivity index (χ4n) is 2.31. The third-order valence-corrected chi connectivity index (χ3v) is 3.97. The summed E-state index contributed by atoms with van der Waals surface area (Å²) in [5.74, 6) is 1.32. The molecule has 0 bridgehead atoms. The number of urea groups is 1. The third-order valence-electron chi connectivity index (χ3n) is 3.97. The van der Waals surface area contributed by atoms with Crippen LogP contribution < -0.4 is 10.1 Å². The summed E-state index contributed by atoms with van der Waals surface area (Å²) in [6.07, 6.45) is 1.05. The zero-order valence-electron chi connectivity index (χ0n) is 13.7. The fourth-order valence-corrected chi connectivity index (χ4v) is 2.31. The highest BCUT2D eigenvalue weighted by Crippen LogP contribution is 2.22. The largest absolute Gasteiger partial charge is 0.493 e. The number of hydrogen-bond donors (Lipinski definition) is 1. The first kappa shape index (κ1) is 16.6. The van der Waals surface area contributed by atoms with E-state index < -0.39 is 0 Å². The summed E-state index contributed by atoms with van der Waals surface area (Å²) in [6.45, 7) is 7.42. The van der Waals surface area contributed by atoms with E-state index in [9.17, 15) is 4.79 Å². The molecule has 1 N–H and O–H groups in total. The van der Waals surface area contributed by atoms with E-state index in [4.69, 9.17) is 9.47 Å². The maximum absolute atomic E-state index is 11.9. The number of rotatable bonds is 6. The molecule has 0 aromatic heterocycles. The standard InChI is InChI=1S/C17H26N2O3/c1-4-19(3)17(20)18-10-15-6-5-13(2)9-16(15)22-12-14-7-8-21-11-14/h5-6,9,14H,4,7-8,10-12H2,1-3H3,(H,18,20)/t14-/m1/s1. The van der Waals surface area contributed by atoms with Gasteiger partial charge in [0.2, 0.25) is 0 Å². The monoisotopic (exact) mass is 306 g/mol. The average molecular weight is 306 g/mol. The molecule has 0 aliphatic carbocycles. The SMILES string of the molecule is CCN(C)C(=O)NCc1ccc(C)cc1OC[C@@H]1CCOC1. The maximum atomic E-state index is 11.9. The van der Waals surface area contributed by atoms with E-state index in [1.165, 1.54) is 0 Å². The van der Waals surface area contributed by atoms with Gasteiger partial charge in [-0.2, -0.15) is 0 Å². The molecule has 1 saturated heterocycles. The molecule has 0 radical (unpaired) electrons. The van der Waals surface area contributed by atoms with Crippen LogP contribution in [0.2, 0.25) is 0 Å². The van der Waals surface area contributed by atoms with Crippen molar-refractivity contribution >= 4 is 6.03 Å². The Morgan fingerprint density at radius 1 is 1.50 bits per heavy atom. The van der Waals surface area contributed by atoms with Gasteiger partial charge >= 0.3 is 6.03 Å². The molecule has 5 heteroatoms. The van der Waals surface area contributed by atoms with E-state index >= 15 is 0 Å². The van der Waals surface area contributed by atoms with Gasteiger partial charge in [-0.3, -0.25) is 0 Å². The number of aryl methyl sites for hydroxylation is 1. The molecule has 1 atom stereocenters. The van der Waals surface area contributed by atoms with Crippen molar-refractivity contribution in [3.8, 4) is 5.75 Å². The van der Waals surface area contributed by atoms with Crippen LogP contribution in [-0.2, 0) is 11.3 Å². The predicted octanol–water partition coefficient (Wildman–Crippen LogP) is 2.57.